The Morgan fingerprint density at radius 1 is 1.26 bits per heavy atom. The highest BCUT2D eigenvalue weighted by molar-refractivity contribution is 6.06. The molecule has 0 saturated heterocycles. The van der Waals surface area contributed by atoms with E-state index in [-0.39, 0.29) is 25.0 Å². The van der Waals surface area contributed by atoms with Crippen LogP contribution in [0, 0.1) is 6.92 Å². The topological polar surface area (TPSA) is 63.9 Å². The molecule has 0 aliphatic rings. The van der Waals surface area contributed by atoms with E-state index in [4.69, 9.17) is 9.47 Å². The molecule has 1 aromatic heterocycles. The molecule has 0 aliphatic heterocycles. The van der Waals surface area contributed by atoms with Gasteiger partial charge in [-0.3, -0.25) is 0 Å². The van der Waals surface area contributed by atoms with Crippen LogP contribution in [-0.2, 0) is 11.8 Å². The Morgan fingerprint density at radius 3 is 2.52 bits per heavy atom. The predicted octanol–water partition coefficient (Wildman–Crippen LogP) is -0.251. The van der Waals surface area contributed by atoms with Crippen LogP contribution in [0.15, 0.2) is 18.2 Å². The fraction of sp³-hybridized carbons (Fsp3) is 0.550. The van der Waals surface area contributed by atoms with Crippen molar-refractivity contribution in [3.63, 3.8) is 0 Å². The summed E-state index contributed by atoms with van der Waals surface area (Å²) in [5.41, 5.74) is 2.37. The first kappa shape index (κ1) is 23.3. The van der Waals surface area contributed by atoms with Crippen molar-refractivity contribution in [2.45, 2.75) is 33.8 Å². The van der Waals surface area contributed by atoms with E-state index in [9.17, 15) is 9.90 Å². The molecule has 7 heteroatoms. The number of hydrogen-bond acceptors (Lipinski definition) is 5. The third-order valence-electron chi connectivity index (χ3n) is 4.75. The number of nitrogens with zero attached hydrogens (tertiary/aromatic N) is 2. The molecule has 0 bridgehead atoms. The molecule has 0 amide bonds. The molecule has 1 N–H and O–H groups in total. The Balaban J connectivity index is 0.00000364. The number of aryl methyl sites for hydroxylation is 1. The van der Waals surface area contributed by atoms with Gasteiger partial charge in [0.15, 0.2) is 0 Å². The van der Waals surface area contributed by atoms with Gasteiger partial charge in [-0.25, -0.2) is 4.79 Å². The molecule has 2 rings (SSSR count). The van der Waals surface area contributed by atoms with Crippen LogP contribution in [0.2, 0.25) is 0 Å². The van der Waals surface area contributed by atoms with Gasteiger partial charge >= 0.3 is 5.97 Å². The minimum atomic E-state index is -0.562. The predicted molar refractivity (Wildman–Crippen MR) is 103 cm³/mol. The number of hydrogen-bond donors (Lipinski definition) is 1. The van der Waals surface area contributed by atoms with Crippen LogP contribution in [0.25, 0.3) is 10.9 Å². The van der Waals surface area contributed by atoms with Crippen molar-refractivity contribution in [1.82, 2.24) is 9.47 Å². The van der Waals surface area contributed by atoms with E-state index in [1.54, 1.807) is 6.92 Å². The second kappa shape index (κ2) is 10.5. The molecule has 1 heterocycles. The highest BCUT2D eigenvalue weighted by Crippen LogP contribution is 2.29. The van der Waals surface area contributed by atoms with Crippen LogP contribution in [-0.4, -0.2) is 59.5 Å². The number of carbonyl (C=O) groups is 1. The quantitative estimate of drug-likeness (QED) is 0.591. The zero-order valence-electron chi connectivity index (χ0n) is 16.8. The maximum Gasteiger partial charge on any atom is 0.340 e. The molecule has 1 atom stereocenters. The summed E-state index contributed by atoms with van der Waals surface area (Å²) in [4.78, 5) is 14.5. The fourth-order valence-corrected chi connectivity index (χ4v) is 3.13. The first-order chi connectivity index (χ1) is 12.4. The van der Waals surface area contributed by atoms with E-state index < -0.39 is 6.10 Å². The lowest BCUT2D eigenvalue weighted by molar-refractivity contribution is -0.0000259. The number of ether oxygens (including phenoxy) is 2. The average Bonchev–Trinajstić information content (AvgIpc) is 2.88. The van der Waals surface area contributed by atoms with Crippen LogP contribution >= 0.6 is 0 Å². The molecule has 0 saturated carbocycles. The van der Waals surface area contributed by atoms with E-state index in [0.717, 1.165) is 29.7 Å². The van der Waals surface area contributed by atoms with Crippen molar-refractivity contribution < 1.29 is 31.8 Å². The van der Waals surface area contributed by atoms with Gasteiger partial charge in [-0.2, -0.15) is 0 Å². The Labute approximate surface area is 167 Å². The molecule has 1 aromatic carbocycles. The normalized spacial score (nSPS) is 12.1. The summed E-state index contributed by atoms with van der Waals surface area (Å²) < 4.78 is 12.9. The molecule has 0 fully saturated rings. The van der Waals surface area contributed by atoms with Crippen molar-refractivity contribution in [3.05, 3.63) is 29.5 Å². The van der Waals surface area contributed by atoms with E-state index in [2.05, 4.69) is 18.7 Å². The number of carbonyl (C=O) groups excluding carboxylic acids is 1. The van der Waals surface area contributed by atoms with Gasteiger partial charge in [0.1, 0.15) is 18.5 Å². The average molecular weight is 398 g/mol. The zero-order chi connectivity index (χ0) is 19.3. The first-order valence-corrected chi connectivity index (χ1v) is 9.22. The molecule has 6 nitrogen and oxygen atoms in total. The number of halogens is 1. The van der Waals surface area contributed by atoms with Gasteiger partial charge in [-0.1, -0.05) is 13.8 Å². The summed E-state index contributed by atoms with van der Waals surface area (Å²) in [6.45, 7) is 10.8. The number of benzene rings is 1. The Kier molecular flexibility index (Phi) is 9.09. The summed E-state index contributed by atoms with van der Waals surface area (Å²) in [5.74, 6) is 0.307. The smallest absolute Gasteiger partial charge is 0.340 e. The molecular formula is C20H30ClN2O4-. The largest absolute Gasteiger partial charge is 1.00 e. The number of esters is 1. The van der Waals surface area contributed by atoms with Crippen molar-refractivity contribution in [3.8, 4) is 5.75 Å². The van der Waals surface area contributed by atoms with E-state index in [1.807, 2.05) is 36.7 Å². The summed E-state index contributed by atoms with van der Waals surface area (Å²) in [6.07, 6.45) is -0.562. The van der Waals surface area contributed by atoms with Gasteiger partial charge in [-0.05, 0) is 45.1 Å². The number of aromatic nitrogens is 1. The minimum absolute atomic E-state index is 0. The van der Waals surface area contributed by atoms with Gasteiger partial charge < -0.3 is 36.5 Å². The number of aliphatic hydroxyl groups excluding tert-OH is 1. The van der Waals surface area contributed by atoms with Crippen LogP contribution in [0.5, 0.6) is 5.75 Å². The SMILES string of the molecule is CCOC(=O)c1c(C)n(C)c2ccc(OCC(O)CN(CC)CC)cc12.[Cl-]. The molecule has 2 aromatic rings. The Bertz CT molecular complexity index is 756. The fourth-order valence-electron chi connectivity index (χ4n) is 3.13. The van der Waals surface area contributed by atoms with Gasteiger partial charge in [0, 0.05) is 30.2 Å². The number of rotatable bonds is 9. The van der Waals surface area contributed by atoms with E-state index >= 15 is 0 Å². The van der Waals surface area contributed by atoms with Gasteiger partial charge in [0.2, 0.25) is 0 Å². The third-order valence-corrected chi connectivity index (χ3v) is 4.75. The highest BCUT2D eigenvalue weighted by Gasteiger charge is 2.20. The standard InChI is InChI=1S/C20H30N2O4.ClH/c1-6-22(7-2)12-15(23)13-26-16-9-10-18-17(11-16)19(14(4)21(18)5)20(24)25-8-3;/h9-11,15,23H,6-8,12-13H2,1-5H3;1H/p-1. The summed E-state index contributed by atoms with van der Waals surface area (Å²) >= 11 is 0. The minimum Gasteiger partial charge on any atom is -1.00 e. The molecule has 0 radical (unpaired) electrons. The van der Waals surface area contributed by atoms with Crippen LogP contribution < -0.4 is 17.1 Å². The number of aliphatic hydroxyl groups is 1. The molecule has 1 unspecified atom stereocenters. The van der Waals surface area contributed by atoms with Crippen LogP contribution in [0.3, 0.4) is 0 Å². The van der Waals surface area contributed by atoms with Crippen molar-refractivity contribution in [2.75, 3.05) is 32.8 Å². The van der Waals surface area contributed by atoms with Crippen molar-refractivity contribution in [1.29, 1.82) is 0 Å². The summed E-state index contributed by atoms with van der Waals surface area (Å²) in [7, 11) is 1.93. The third kappa shape index (κ3) is 5.37. The zero-order valence-corrected chi connectivity index (χ0v) is 17.5. The lowest BCUT2D eigenvalue weighted by Crippen LogP contribution is -3.00. The summed E-state index contributed by atoms with van der Waals surface area (Å²) in [6, 6.07) is 5.64. The van der Waals surface area contributed by atoms with Crippen LogP contribution in [0.1, 0.15) is 36.8 Å². The van der Waals surface area contributed by atoms with Crippen molar-refractivity contribution in [2.24, 2.45) is 7.05 Å². The lowest BCUT2D eigenvalue weighted by atomic mass is 10.1. The maximum absolute atomic E-state index is 12.3. The molecule has 0 spiro atoms. The second-order valence-electron chi connectivity index (χ2n) is 6.37. The maximum atomic E-state index is 12.3. The molecule has 152 valence electrons. The van der Waals surface area contributed by atoms with Gasteiger partial charge in [0.25, 0.3) is 0 Å². The van der Waals surface area contributed by atoms with Gasteiger partial charge in [-0.15, -0.1) is 0 Å². The molecular weight excluding hydrogens is 368 g/mol. The lowest BCUT2D eigenvalue weighted by Gasteiger charge is -2.21. The summed E-state index contributed by atoms with van der Waals surface area (Å²) in [5, 5.41) is 11.0. The Hall–Kier alpha value is -1.76. The molecule has 27 heavy (non-hydrogen) atoms. The highest BCUT2D eigenvalue weighted by atomic mass is 35.5. The van der Waals surface area contributed by atoms with E-state index in [0.29, 0.717) is 24.5 Å². The number of fused-ring (bicyclic) bond motifs is 1. The number of likely N-dealkylation sites (N-methyl/N-ethyl adjacent to an activating group) is 1. The monoisotopic (exact) mass is 397 g/mol. The second-order valence-corrected chi connectivity index (χ2v) is 6.37. The Morgan fingerprint density at radius 2 is 1.93 bits per heavy atom. The van der Waals surface area contributed by atoms with Crippen LogP contribution in [0.4, 0.5) is 0 Å². The van der Waals surface area contributed by atoms with Gasteiger partial charge in [0.05, 0.1) is 12.2 Å². The van der Waals surface area contributed by atoms with E-state index in [1.165, 1.54) is 0 Å². The van der Waals surface area contributed by atoms with Crippen molar-refractivity contribution >= 4 is 16.9 Å². The first-order valence-electron chi connectivity index (χ1n) is 9.22. The molecule has 0 aliphatic carbocycles.